The van der Waals surface area contributed by atoms with Gasteiger partial charge in [-0.2, -0.15) is 18.3 Å². The Labute approximate surface area is 159 Å². The molecule has 11 heteroatoms. The predicted octanol–water partition coefficient (Wildman–Crippen LogP) is 2.67. The van der Waals surface area contributed by atoms with Crippen molar-refractivity contribution in [2.45, 2.75) is 38.3 Å². The number of hydrogen-bond acceptors (Lipinski definition) is 5. The van der Waals surface area contributed by atoms with E-state index in [0.29, 0.717) is 23.9 Å². The number of aromatic nitrogens is 4. The summed E-state index contributed by atoms with van der Waals surface area (Å²) in [5.74, 6) is 2.07. The van der Waals surface area contributed by atoms with Crippen molar-refractivity contribution in [3.8, 4) is 0 Å². The monoisotopic (exact) mass is 401 g/mol. The molecule has 1 aliphatic rings. The van der Waals surface area contributed by atoms with Gasteiger partial charge in [0.15, 0.2) is 11.7 Å². The summed E-state index contributed by atoms with van der Waals surface area (Å²) >= 11 is 1.03. The van der Waals surface area contributed by atoms with Crippen LogP contribution in [0.25, 0.3) is 0 Å². The van der Waals surface area contributed by atoms with Crippen molar-refractivity contribution in [3.05, 3.63) is 28.2 Å². The molecule has 7 nitrogen and oxygen atoms in total. The van der Waals surface area contributed by atoms with E-state index in [1.54, 1.807) is 0 Å². The van der Waals surface area contributed by atoms with Crippen LogP contribution in [0.3, 0.4) is 0 Å². The van der Waals surface area contributed by atoms with Gasteiger partial charge < -0.3 is 10.2 Å². The molecule has 0 atom stereocenters. The van der Waals surface area contributed by atoms with Gasteiger partial charge in [-0.1, -0.05) is 0 Å². The standard InChI is InChI=1S/C16H22F3N7S/c1-2-20-15(21-6-3-13-24-12(9-27-13)16(17,18)19)26-7-4-11(5-8-26)14-22-10-23-25-14/h9-11H,2-8H2,1H3,(H,20,21)(H,22,23,25). The summed E-state index contributed by atoms with van der Waals surface area (Å²) < 4.78 is 37.9. The van der Waals surface area contributed by atoms with Gasteiger partial charge in [-0.25, -0.2) is 9.97 Å². The molecule has 0 aromatic carbocycles. The summed E-state index contributed by atoms with van der Waals surface area (Å²) in [6.07, 6.45) is -0.580. The molecule has 2 N–H and O–H groups in total. The molecule has 148 valence electrons. The highest BCUT2D eigenvalue weighted by atomic mass is 32.1. The summed E-state index contributed by atoms with van der Waals surface area (Å²) in [6, 6.07) is 0. The van der Waals surface area contributed by atoms with Gasteiger partial charge in [0.1, 0.15) is 12.2 Å². The van der Waals surface area contributed by atoms with E-state index in [-0.39, 0.29) is 0 Å². The fourth-order valence-corrected chi connectivity index (χ4v) is 3.81. The second-order valence-electron chi connectivity index (χ2n) is 6.24. The average Bonchev–Trinajstić information content (AvgIpc) is 3.33. The molecule has 1 saturated heterocycles. The van der Waals surface area contributed by atoms with E-state index >= 15 is 0 Å². The Kier molecular flexibility index (Phi) is 6.30. The summed E-state index contributed by atoms with van der Waals surface area (Å²) in [5.41, 5.74) is -0.826. The van der Waals surface area contributed by atoms with Crippen molar-refractivity contribution >= 4 is 17.3 Å². The van der Waals surface area contributed by atoms with Gasteiger partial charge in [0.2, 0.25) is 0 Å². The van der Waals surface area contributed by atoms with Crippen LogP contribution in [0, 0.1) is 0 Å². The first kappa shape index (κ1) is 19.6. The van der Waals surface area contributed by atoms with Crippen LogP contribution in [0.15, 0.2) is 16.7 Å². The molecule has 0 aliphatic carbocycles. The van der Waals surface area contributed by atoms with Crippen molar-refractivity contribution in [2.75, 3.05) is 26.2 Å². The third-order valence-corrected chi connectivity index (χ3v) is 5.29. The number of thiazole rings is 1. The number of aromatic amines is 1. The minimum absolute atomic E-state index is 0.364. The lowest BCUT2D eigenvalue weighted by Gasteiger charge is -2.33. The Bertz CT molecular complexity index is 734. The fraction of sp³-hybridized carbons (Fsp3) is 0.625. The molecule has 0 saturated carbocycles. The van der Waals surface area contributed by atoms with Crippen LogP contribution < -0.4 is 5.32 Å². The second-order valence-corrected chi connectivity index (χ2v) is 7.18. The Morgan fingerprint density at radius 1 is 1.41 bits per heavy atom. The number of H-pyrrole nitrogens is 1. The number of nitrogens with one attached hydrogen (secondary N) is 2. The first-order chi connectivity index (χ1) is 13.0. The number of aliphatic imine (C=N–C) groups is 1. The van der Waals surface area contributed by atoms with Crippen molar-refractivity contribution < 1.29 is 13.2 Å². The third kappa shape index (κ3) is 5.18. The highest BCUT2D eigenvalue weighted by Crippen LogP contribution is 2.30. The molecule has 2 aromatic rings. The predicted molar refractivity (Wildman–Crippen MR) is 96.7 cm³/mol. The van der Waals surface area contributed by atoms with Crippen LogP contribution in [0.4, 0.5) is 13.2 Å². The van der Waals surface area contributed by atoms with Gasteiger partial charge in [0.25, 0.3) is 0 Å². The molecular weight excluding hydrogens is 379 g/mol. The van der Waals surface area contributed by atoms with Gasteiger partial charge in [-0.3, -0.25) is 10.1 Å². The minimum atomic E-state index is -4.39. The number of rotatable bonds is 5. The van der Waals surface area contributed by atoms with Crippen LogP contribution in [0.1, 0.15) is 42.2 Å². The molecule has 1 fully saturated rings. The molecule has 0 spiro atoms. The van der Waals surface area contributed by atoms with Crippen LogP contribution in [-0.4, -0.2) is 57.2 Å². The van der Waals surface area contributed by atoms with Crippen LogP contribution in [0.5, 0.6) is 0 Å². The molecule has 0 bridgehead atoms. The number of hydrogen-bond donors (Lipinski definition) is 2. The molecule has 3 rings (SSSR count). The minimum Gasteiger partial charge on any atom is -0.357 e. The lowest BCUT2D eigenvalue weighted by molar-refractivity contribution is -0.140. The second kappa shape index (κ2) is 8.68. The molecule has 0 radical (unpaired) electrons. The summed E-state index contributed by atoms with van der Waals surface area (Å²) in [4.78, 5) is 14.6. The topological polar surface area (TPSA) is 82.1 Å². The molecule has 27 heavy (non-hydrogen) atoms. The number of alkyl halides is 3. The van der Waals surface area contributed by atoms with Crippen molar-refractivity contribution in [3.63, 3.8) is 0 Å². The van der Waals surface area contributed by atoms with E-state index in [2.05, 4.69) is 35.4 Å². The van der Waals surface area contributed by atoms with Crippen molar-refractivity contribution in [1.82, 2.24) is 30.4 Å². The average molecular weight is 401 g/mol. The molecule has 0 unspecified atom stereocenters. The van der Waals surface area contributed by atoms with E-state index in [0.717, 1.165) is 61.0 Å². The Morgan fingerprint density at radius 2 is 2.19 bits per heavy atom. The highest BCUT2D eigenvalue weighted by Gasteiger charge is 2.33. The van der Waals surface area contributed by atoms with E-state index in [9.17, 15) is 13.2 Å². The van der Waals surface area contributed by atoms with E-state index < -0.39 is 11.9 Å². The first-order valence-corrected chi connectivity index (χ1v) is 9.75. The maximum Gasteiger partial charge on any atom is 0.434 e. The Morgan fingerprint density at radius 3 is 2.78 bits per heavy atom. The summed E-state index contributed by atoms with van der Waals surface area (Å²) in [7, 11) is 0. The van der Waals surface area contributed by atoms with Crippen LogP contribution in [-0.2, 0) is 12.6 Å². The quantitative estimate of drug-likeness (QED) is 0.595. The van der Waals surface area contributed by atoms with Crippen LogP contribution >= 0.6 is 11.3 Å². The molecular formula is C16H22F3N7S. The Hall–Kier alpha value is -2.17. The SMILES string of the molecule is CCNC(=NCCc1nc(C(F)(F)F)cs1)N1CCC(c2ncn[nH]2)CC1. The normalized spacial score (nSPS) is 16.7. The van der Waals surface area contributed by atoms with Gasteiger partial charge in [-0.05, 0) is 19.8 Å². The number of guanidine groups is 1. The van der Waals surface area contributed by atoms with Crippen molar-refractivity contribution in [1.29, 1.82) is 0 Å². The zero-order valence-corrected chi connectivity index (χ0v) is 15.8. The zero-order chi connectivity index (χ0) is 19.3. The maximum atomic E-state index is 12.6. The number of nitrogens with zero attached hydrogens (tertiary/aromatic N) is 5. The van der Waals surface area contributed by atoms with Gasteiger partial charge in [0.05, 0.1) is 5.01 Å². The fourth-order valence-electron chi connectivity index (χ4n) is 3.02. The largest absolute Gasteiger partial charge is 0.434 e. The van der Waals surface area contributed by atoms with Gasteiger partial charge >= 0.3 is 6.18 Å². The molecule has 2 aromatic heterocycles. The molecule has 3 heterocycles. The Balaban J connectivity index is 1.54. The third-order valence-electron chi connectivity index (χ3n) is 4.38. The van der Waals surface area contributed by atoms with E-state index in [4.69, 9.17) is 0 Å². The first-order valence-electron chi connectivity index (χ1n) is 8.87. The van der Waals surface area contributed by atoms with Gasteiger partial charge in [-0.15, -0.1) is 11.3 Å². The van der Waals surface area contributed by atoms with E-state index in [1.807, 2.05) is 6.92 Å². The zero-order valence-electron chi connectivity index (χ0n) is 15.0. The number of piperidine rings is 1. The van der Waals surface area contributed by atoms with Crippen LogP contribution in [0.2, 0.25) is 0 Å². The maximum absolute atomic E-state index is 12.6. The summed E-state index contributed by atoms with van der Waals surface area (Å²) in [5, 5.41) is 11.6. The number of halogens is 3. The lowest BCUT2D eigenvalue weighted by atomic mass is 9.96. The molecule has 1 aliphatic heterocycles. The smallest absolute Gasteiger partial charge is 0.357 e. The highest BCUT2D eigenvalue weighted by molar-refractivity contribution is 7.09. The number of likely N-dealkylation sites (tertiary alicyclic amines) is 1. The van der Waals surface area contributed by atoms with Crippen molar-refractivity contribution in [2.24, 2.45) is 4.99 Å². The van der Waals surface area contributed by atoms with E-state index in [1.165, 1.54) is 6.33 Å². The summed E-state index contributed by atoms with van der Waals surface area (Å²) in [6.45, 7) is 4.80. The lowest BCUT2D eigenvalue weighted by Crippen LogP contribution is -2.45. The molecule has 0 amide bonds. The van der Waals surface area contributed by atoms with Gasteiger partial charge in [0, 0.05) is 43.9 Å².